The van der Waals surface area contributed by atoms with Crippen molar-refractivity contribution in [2.75, 3.05) is 38.6 Å². The summed E-state index contributed by atoms with van der Waals surface area (Å²) in [5, 5.41) is 22.9. The summed E-state index contributed by atoms with van der Waals surface area (Å²) in [5.74, 6) is -1.23. The third kappa shape index (κ3) is 8.31. The van der Waals surface area contributed by atoms with E-state index in [0.717, 1.165) is 22.3 Å². The Hall–Kier alpha value is -5.32. The molecule has 9 rings (SSSR count). The Balaban J connectivity index is 0.954. The van der Waals surface area contributed by atoms with Crippen LogP contribution in [0.5, 0.6) is 5.88 Å². The molecule has 2 saturated heterocycles. The summed E-state index contributed by atoms with van der Waals surface area (Å²) >= 11 is 7.15. The quantitative estimate of drug-likeness (QED) is 0.122. The first-order valence-electron chi connectivity index (χ1n) is 20.4. The van der Waals surface area contributed by atoms with Gasteiger partial charge in [0.2, 0.25) is 27.7 Å². The number of aromatic nitrogens is 3. The number of hydrogen-bond acceptors (Lipinski definition) is 13. The minimum atomic E-state index is -4.81. The number of methoxy groups -OCH3 is 1. The molecule has 0 radical (unpaired) electrons. The van der Waals surface area contributed by atoms with Gasteiger partial charge in [0.15, 0.2) is 17.1 Å². The molecule has 4 aliphatic rings. The van der Waals surface area contributed by atoms with Crippen molar-refractivity contribution in [1.82, 2.24) is 29.5 Å². The molecule has 0 spiro atoms. The van der Waals surface area contributed by atoms with E-state index in [9.17, 15) is 36.8 Å². The molecule has 3 aromatic carbocycles. The van der Waals surface area contributed by atoms with Gasteiger partial charge in [-0.2, -0.15) is 23.4 Å². The van der Waals surface area contributed by atoms with Gasteiger partial charge in [-0.3, -0.25) is 19.3 Å². The summed E-state index contributed by atoms with van der Waals surface area (Å²) in [4.78, 5) is 29.7. The number of anilines is 1. The Morgan fingerprint density at radius 3 is 2.47 bits per heavy atom. The molecule has 324 valence electrons. The van der Waals surface area contributed by atoms with Gasteiger partial charge in [0, 0.05) is 38.3 Å². The Bertz CT molecular complexity index is 2740. The van der Waals surface area contributed by atoms with Crippen LogP contribution in [0.1, 0.15) is 71.8 Å². The maximum Gasteiger partial charge on any atom is 0.437 e. The second-order valence-corrected chi connectivity index (χ2v) is 18.7. The molecule has 0 unspecified atom stereocenters. The smallest absolute Gasteiger partial charge is 0.437 e. The topological polar surface area (TPSA) is 187 Å². The van der Waals surface area contributed by atoms with E-state index in [2.05, 4.69) is 26.1 Å². The summed E-state index contributed by atoms with van der Waals surface area (Å²) in [7, 11) is -2.30. The number of ether oxygens (including phenoxy) is 1. The first kappa shape index (κ1) is 42.0. The van der Waals surface area contributed by atoms with Gasteiger partial charge in [0.1, 0.15) is 17.3 Å². The fourth-order valence-electron chi connectivity index (χ4n) is 8.83. The van der Waals surface area contributed by atoms with Gasteiger partial charge < -0.3 is 19.6 Å². The first-order chi connectivity index (χ1) is 29.7. The van der Waals surface area contributed by atoms with Crippen molar-refractivity contribution in [3.05, 3.63) is 87.2 Å². The van der Waals surface area contributed by atoms with E-state index in [4.69, 9.17) is 25.7 Å². The highest BCUT2D eigenvalue weighted by Gasteiger charge is 2.41. The van der Waals surface area contributed by atoms with Gasteiger partial charge >= 0.3 is 6.18 Å². The number of fused-ring (bicyclic) bond motifs is 2. The van der Waals surface area contributed by atoms with Crippen LogP contribution in [0.25, 0.3) is 33.7 Å². The van der Waals surface area contributed by atoms with E-state index in [1.807, 2.05) is 46.2 Å². The van der Waals surface area contributed by atoms with E-state index >= 15 is 0 Å². The van der Waals surface area contributed by atoms with Gasteiger partial charge in [-0.15, -0.1) is 0 Å². The van der Waals surface area contributed by atoms with Crippen molar-refractivity contribution < 1.29 is 40.6 Å². The van der Waals surface area contributed by atoms with Crippen LogP contribution in [0, 0.1) is 17.2 Å². The average Bonchev–Trinajstić information content (AvgIpc) is 3.48. The number of carbonyl (C=O) groups excluding carboxylic acids is 1. The van der Waals surface area contributed by atoms with Crippen molar-refractivity contribution in [3.63, 3.8) is 0 Å². The number of halogens is 4. The standard InChI is InChI=1S/C43H42ClF3N8O6S/c1-60-42-35(22-55-15-13-26(56)21-55)49-38(43(45,46)47)39(52-42)50-33-11-10-29-28(4-2-5-30(29)33)31-6-3-7-32(36(31)44)41-51-34-17-23(16-25(18-48)37(34)61-41)19-54-14-12-24(20-54)40(57)53-62(58,59)27-8-9-27/h2-7,16-17,24,26-27,33,56H,8-15,19-22H2,1H3,(H,50,52)(H,53,57)/t24-,26-,33-/m1/s1. The van der Waals surface area contributed by atoms with Crippen LogP contribution in [0.15, 0.2) is 52.9 Å². The molecule has 19 heteroatoms. The summed E-state index contributed by atoms with van der Waals surface area (Å²) in [6.07, 6.45) is -2.20. The van der Waals surface area contributed by atoms with Crippen molar-refractivity contribution in [3.8, 4) is 34.5 Å². The fraction of sp³-hybridized carbons (Fsp3) is 0.419. The van der Waals surface area contributed by atoms with Crippen LogP contribution in [0.4, 0.5) is 19.0 Å². The number of alkyl halides is 3. The molecule has 3 N–H and O–H groups in total. The van der Waals surface area contributed by atoms with E-state index < -0.39 is 56.9 Å². The predicted molar refractivity (Wildman–Crippen MR) is 222 cm³/mol. The predicted octanol–water partition coefficient (Wildman–Crippen LogP) is 6.60. The molecule has 2 aromatic heterocycles. The lowest BCUT2D eigenvalue weighted by Crippen LogP contribution is -2.38. The summed E-state index contributed by atoms with van der Waals surface area (Å²) in [5.41, 5.74) is 4.28. The Morgan fingerprint density at radius 2 is 1.74 bits per heavy atom. The highest BCUT2D eigenvalue weighted by molar-refractivity contribution is 7.90. The number of amides is 1. The third-order valence-corrected chi connectivity index (χ3v) is 14.3. The third-order valence-electron chi connectivity index (χ3n) is 12.0. The van der Waals surface area contributed by atoms with Crippen LogP contribution in [-0.2, 0) is 40.5 Å². The molecule has 2 aliphatic heterocycles. The highest BCUT2D eigenvalue weighted by Crippen LogP contribution is 2.45. The van der Waals surface area contributed by atoms with Crippen molar-refractivity contribution in [1.29, 1.82) is 5.26 Å². The van der Waals surface area contributed by atoms with Gasteiger partial charge in [0.05, 0.1) is 46.6 Å². The number of likely N-dealkylation sites (tertiary alicyclic amines) is 2. The van der Waals surface area contributed by atoms with Crippen LogP contribution >= 0.6 is 11.6 Å². The Morgan fingerprint density at radius 1 is 1.00 bits per heavy atom. The second kappa shape index (κ2) is 16.4. The number of benzene rings is 3. The van der Waals surface area contributed by atoms with Gasteiger partial charge in [0.25, 0.3) is 0 Å². The minimum absolute atomic E-state index is 0.0271. The normalized spacial score (nSPS) is 20.7. The molecule has 1 saturated carbocycles. The Kier molecular flexibility index (Phi) is 11.1. The maximum atomic E-state index is 14.5. The van der Waals surface area contributed by atoms with Gasteiger partial charge in [-0.25, -0.2) is 18.4 Å². The fourth-order valence-corrected chi connectivity index (χ4v) is 10.5. The van der Waals surface area contributed by atoms with Crippen molar-refractivity contribution in [2.45, 2.75) is 75.2 Å². The zero-order valence-electron chi connectivity index (χ0n) is 33.5. The highest BCUT2D eigenvalue weighted by atomic mass is 35.5. The lowest BCUT2D eigenvalue weighted by molar-refractivity contribution is -0.141. The number of sulfonamides is 1. The second-order valence-electron chi connectivity index (χ2n) is 16.4. The molecule has 4 heterocycles. The molecular formula is C43H42ClF3N8O6S. The number of oxazole rings is 1. The zero-order chi connectivity index (χ0) is 43.5. The number of β-amino-alcohol motifs (C(OH)–C–C–N with tert-alkyl or cyclic N) is 1. The Labute approximate surface area is 360 Å². The number of aliphatic hydroxyl groups is 1. The maximum absolute atomic E-state index is 14.5. The lowest BCUT2D eigenvalue weighted by atomic mass is 9.95. The van der Waals surface area contributed by atoms with Crippen LogP contribution in [-0.4, -0.2) is 88.8 Å². The number of hydrogen-bond donors (Lipinski definition) is 3. The van der Waals surface area contributed by atoms with E-state index in [1.165, 1.54) is 7.11 Å². The first-order valence-corrected chi connectivity index (χ1v) is 22.3. The molecular weight excluding hydrogens is 849 g/mol. The SMILES string of the molecule is COc1nc(N[C@@H]2CCc3c(-c4cccc(-c5nc6cc(CN7CC[C@@H](C(=O)NS(=O)(=O)C8CC8)C7)cc(C#N)c6o5)c4Cl)cccc32)c(C(F)(F)F)nc1CN1CC[C@@H](O)C1. The monoisotopic (exact) mass is 890 g/mol. The number of aliphatic hydroxyl groups excluding tert-OH is 1. The average molecular weight is 891 g/mol. The van der Waals surface area contributed by atoms with Crippen LogP contribution < -0.4 is 14.8 Å². The zero-order valence-corrected chi connectivity index (χ0v) is 35.1. The van der Waals surface area contributed by atoms with Gasteiger partial charge in [-0.05, 0) is 85.5 Å². The van der Waals surface area contributed by atoms with Crippen LogP contribution in [0.2, 0.25) is 5.02 Å². The summed E-state index contributed by atoms with van der Waals surface area (Å²) in [6, 6.07) is 16.2. The molecule has 3 atom stereocenters. The molecule has 0 bridgehead atoms. The molecule has 5 aromatic rings. The number of nitrogens with one attached hydrogen (secondary N) is 2. The largest absolute Gasteiger partial charge is 0.480 e. The van der Waals surface area contributed by atoms with Crippen LogP contribution in [0.3, 0.4) is 0 Å². The minimum Gasteiger partial charge on any atom is -0.480 e. The van der Waals surface area contributed by atoms with Crippen molar-refractivity contribution >= 4 is 44.4 Å². The lowest BCUT2D eigenvalue weighted by Gasteiger charge is -2.22. The summed E-state index contributed by atoms with van der Waals surface area (Å²) < 4.78 is 82.0. The number of carbonyl (C=O) groups is 1. The number of nitrogens with zero attached hydrogens (tertiary/aromatic N) is 6. The van der Waals surface area contributed by atoms with Gasteiger partial charge in [-0.1, -0.05) is 41.9 Å². The number of nitriles is 1. The van der Waals surface area contributed by atoms with E-state index in [1.54, 1.807) is 12.1 Å². The van der Waals surface area contributed by atoms with Crippen molar-refractivity contribution in [2.24, 2.45) is 5.92 Å². The summed E-state index contributed by atoms with van der Waals surface area (Å²) in [6.45, 7) is 2.24. The van der Waals surface area contributed by atoms with E-state index in [0.29, 0.717) is 92.9 Å². The molecule has 1 amide bonds. The molecule has 3 fully saturated rings. The van der Waals surface area contributed by atoms with E-state index in [-0.39, 0.29) is 35.2 Å². The molecule has 14 nitrogen and oxygen atoms in total. The molecule has 2 aliphatic carbocycles. The number of rotatable bonds is 12. The molecule has 62 heavy (non-hydrogen) atoms.